The van der Waals surface area contributed by atoms with E-state index in [4.69, 9.17) is 0 Å². The summed E-state index contributed by atoms with van der Waals surface area (Å²) < 4.78 is 15.3. The van der Waals surface area contributed by atoms with Crippen molar-refractivity contribution < 1.29 is 4.39 Å². The van der Waals surface area contributed by atoms with Gasteiger partial charge < -0.3 is 0 Å². The van der Waals surface area contributed by atoms with E-state index in [1.54, 1.807) is 32.0 Å². The largest absolute Gasteiger partial charge is 0.268 e. The van der Waals surface area contributed by atoms with Crippen molar-refractivity contribution in [1.29, 1.82) is 0 Å². The highest BCUT2D eigenvalue weighted by atomic mass is 19.1. The summed E-state index contributed by atoms with van der Waals surface area (Å²) in [5.41, 5.74) is 0.451. The Kier molecular flexibility index (Phi) is 3.94. The van der Waals surface area contributed by atoms with Crippen LogP contribution < -0.4 is 5.56 Å². The first-order valence-electron chi connectivity index (χ1n) is 6.23. The zero-order valence-corrected chi connectivity index (χ0v) is 11.4. The standard InChI is InChI=1S/C16H15FN2O/c1-4-8-15(13(17)5-2)19-11(3)18-14-10-7-6-9-12(14)16(19)20/h4-10H,1H2,2-3H3/b13-5+,15-8+. The van der Waals surface area contributed by atoms with Gasteiger partial charge in [-0.15, -0.1) is 0 Å². The van der Waals surface area contributed by atoms with E-state index in [1.165, 1.54) is 22.8 Å². The van der Waals surface area contributed by atoms with Crippen molar-refractivity contribution in [1.82, 2.24) is 9.55 Å². The molecule has 1 aromatic heterocycles. The Morgan fingerprint density at radius 3 is 2.75 bits per heavy atom. The summed E-state index contributed by atoms with van der Waals surface area (Å²) in [6.07, 6.45) is 4.20. The van der Waals surface area contributed by atoms with E-state index in [9.17, 15) is 9.18 Å². The molecule has 1 aromatic carbocycles. The van der Waals surface area contributed by atoms with Crippen LogP contribution in [0.2, 0.25) is 0 Å². The van der Waals surface area contributed by atoms with Gasteiger partial charge in [-0.2, -0.15) is 0 Å². The van der Waals surface area contributed by atoms with Crippen molar-refractivity contribution in [2.24, 2.45) is 0 Å². The molecule has 4 heteroatoms. The molecular formula is C16H15FN2O. The molecule has 0 saturated heterocycles. The molecular weight excluding hydrogens is 255 g/mol. The molecule has 0 atom stereocenters. The Bertz CT molecular complexity index is 785. The van der Waals surface area contributed by atoms with E-state index in [-0.39, 0.29) is 11.3 Å². The van der Waals surface area contributed by atoms with E-state index in [0.29, 0.717) is 16.7 Å². The monoisotopic (exact) mass is 270 g/mol. The second kappa shape index (κ2) is 5.65. The van der Waals surface area contributed by atoms with Crippen molar-refractivity contribution in [3.63, 3.8) is 0 Å². The minimum atomic E-state index is -0.493. The number of fused-ring (bicyclic) bond motifs is 1. The van der Waals surface area contributed by atoms with E-state index in [1.807, 2.05) is 6.07 Å². The van der Waals surface area contributed by atoms with E-state index >= 15 is 0 Å². The molecule has 0 saturated carbocycles. The van der Waals surface area contributed by atoms with Crippen molar-refractivity contribution in [3.05, 3.63) is 71.1 Å². The van der Waals surface area contributed by atoms with Crippen molar-refractivity contribution in [2.45, 2.75) is 13.8 Å². The number of rotatable bonds is 3. The summed E-state index contributed by atoms with van der Waals surface area (Å²) in [7, 11) is 0. The van der Waals surface area contributed by atoms with Crippen LogP contribution in [0.3, 0.4) is 0 Å². The topological polar surface area (TPSA) is 34.9 Å². The lowest BCUT2D eigenvalue weighted by atomic mass is 10.2. The quantitative estimate of drug-likeness (QED) is 0.799. The lowest BCUT2D eigenvalue weighted by molar-refractivity contribution is 0.654. The maximum atomic E-state index is 14.0. The normalized spacial score (nSPS) is 12.8. The van der Waals surface area contributed by atoms with Gasteiger partial charge in [0.25, 0.3) is 5.56 Å². The zero-order valence-electron chi connectivity index (χ0n) is 11.4. The van der Waals surface area contributed by atoms with Crippen LogP contribution in [-0.4, -0.2) is 9.55 Å². The highest BCUT2D eigenvalue weighted by molar-refractivity contribution is 5.79. The average molecular weight is 270 g/mol. The molecule has 0 aliphatic rings. The summed E-state index contributed by atoms with van der Waals surface area (Å²) in [5.74, 6) is -0.0639. The molecule has 2 aromatic rings. The van der Waals surface area contributed by atoms with Crippen LogP contribution in [0.4, 0.5) is 4.39 Å². The second-order valence-corrected chi connectivity index (χ2v) is 4.24. The van der Waals surface area contributed by atoms with Gasteiger partial charge in [0.15, 0.2) is 0 Å². The highest BCUT2D eigenvalue weighted by Gasteiger charge is 2.13. The number of halogens is 1. The fourth-order valence-electron chi connectivity index (χ4n) is 2.05. The predicted octanol–water partition coefficient (Wildman–Crippen LogP) is 3.61. The summed E-state index contributed by atoms with van der Waals surface area (Å²) >= 11 is 0. The number of para-hydroxylation sites is 1. The Balaban J connectivity index is 2.86. The lowest BCUT2D eigenvalue weighted by Gasteiger charge is -2.12. The SMILES string of the molecule is C=C/C=C(\C(F)=C/C)n1c(C)nc2ccccc2c1=O. The molecule has 0 unspecified atom stereocenters. The molecule has 0 aliphatic heterocycles. The van der Waals surface area contributed by atoms with Crippen molar-refractivity contribution in [2.75, 3.05) is 0 Å². The summed E-state index contributed by atoms with van der Waals surface area (Å²) in [6.45, 7) is 6.80. The van der Waals surface area contributed by atoms with Crippen LogP contribution in [0.25, 0.3) is 16.6 Å². The lowest BCUT2D eigenvalue weighted by Crippen LogP contribution is -2.23. The fourth-order valence-corrected chi connectivity index (χ4v) is 2.05. The number of benzene rings is 1. The van der Waals surface area contributed by atoms with E-state index in [0.717, 1.165) is 0 Å². The molecule has 0 bridgehead atoms. The number of allylic oxidation sites excluding steroid dienone is 5. The van der Waals surface area contributed by atoms with E-state index < -0.39 is 5.83 Å². The second-order valence-electron chi connectivity index (χ2n) is 4.24. The Labute approximate surface area is 116 Å². The van der Waals surface area contributed by atoms with E-state index in [2.05, 4.69) is 11.6 Å². The fraction of sp³-hybridized carbons (Fsp3) is 0.125. The summed E-state index contributed by atoms with van der Waals surface area (Å²) in [5, 5.41) is 0.456. The predicted molar refractivity (Wildman–Crippen MR) is 80.1 cm³/mol. The molecule has 0 radical (unpaired) electrons. The number of hydrogen-bond donors (Lipinski definition) is 0. The van der Waals surface area contributed by atoms with Crippen LogP contribution in [0, 0.1) is 6.92 Å². The Morgan fingerprint density at radius 1 is 1.40 bits per heavy atom. The summed E-state index contributed by atoms with van der Waals surface area (Å²) in [6, 6.07) is 7.01. The molecule has 20 heavy (non-hydrogen) atoms. The minimum absolute atomic E-state index is 0.142. The number of nitrogens with zero attached hydrogens (tertiary/aromatic N) is 2. The van der Waals surface area contributed by atoms with Crippen LogP contribution >= 0.6 is 0 Å². The van der Waals surface area contributed by atoms with Gasteiger partial charge in [0, 0.05) is 0 Å². The number of aryl methyl sites for hydroxylation is 1. The highest BCUT2D eigenvalue weighted by Crippen LogP contribution is 2.19. The molecule has 0 N–H and O–H groups in total. The third kappa shape index (κ3) is 2.32. The molecule has 102 valence electrons. The Hall–Kier alpha value is -2.49. The van der Waals surface area contributed by atoms with Gasteiger partial charge in [-0.3, -0.25) is 9.36 Å². The smallest absolute Gasteiger partial charge is 0.266 e. The Morgan fingerprint density at radius 2 is 2.10 bits per heavy atom. The molecule has 2 rings (SSSR count). The first-order valence-corrected chi connectivity index (χ1v) is 6.23. The average Bonchev–Trinajstić information content (AvgIpc) is 2.45. The van der Waals surface area contributed by atoms with Gasteiger partial charge in [-0.05, 0) is 38.1 Å². The van der Waals surface area contributed by atoms with Crippen LogP contribution in [0.15, 0.2) is 59.7 Å². The zero-order chi connectivity index (χ0) is 14.7. The van der Waals surface area contributed by atoms with Gasteiger partial charge in [0.2, 0.25) is 0 Å². The van der Waals surface area contributed by atoms with Crippen LogP contribution in [0.5, 0.6) is 0 Å². The van der Waals surface area contributed by atoms with Crippen molar-refractivity contribution >= 4 is 16.6 Å². The van der Waals surface area contributed by atoms with Gasteiger partial charge in [-0.25, -0.2) is 9.37 Å². The summed E-state index contributed by atoms with van der Waals surface area (Å²) in [4.78, 5) is 16.9. The maximum absolute atomic E-state index is 14.0. The van der Waals surface area contributed by atoms with Crippen LogP contribution in [-0.2, 0) is 0 Å². The third-order valence-corrected chi connectivity index (χ3v) is 2.96. The molecule has 0 fully saturated rings. The maximum Gasteiger partial charge on any atom is 0.266 e. The molecule has 1 heterocycles. The van der Waals surface area contributed by atoms with Gasteiger partial charge >= 0.3 is 0 Å². The van der Waals surface area contributed by atoms with Gasteiger partial charge in [0.05, 0.1) is 16.6 Å². The first kappa shape index (κ1) is 13.9. The number of hydrogen-bond acceptors (Lipinski definition) is 2. The first-order chi connectivity index (χ1) is 9.60. The van der Waals surface area contributed by atoms with Crippen LogP contribution in [0.1, 0.15) is 12.7 Å². The van der Waals surface area contributed by atoms with Gasteiger partial charge in [0.1, 0.15) is 11.7 Å². The van der Waals surface area contributed by atoms with Gasteiger partial charge in [-0.1, -0.05) is 24.8 Å². The minimum Gasteiger partial charge on any atom is -0.268 e. The molecule has 0 aliphatic carbocycles. The third-order valence-electron chi connectivity index (χ3n) is 2.96. The molecule has 0 spiro atoms. The van der Waals surface area contributed by atoms with Crippen molar-refractivity contribution in [3.8, 4) is 0 Å². The molecule has 3 nitrogen and oxygen atoms in total. The number of aromatic nitrogens is 2. The molecule has 0 amide bonds.